The molecule has 5 aliphatic rings. The van der Waals surface area contributed by atoms with Crippen molar-refractivity contribution in [3.05, 3.63) is 378 Å². The van der Waals surface area contributed by atoms with Gasteiger partial charge in [-0.2, -0.15) is 0 Å². The van der Waals surface area contributed by atoms with Crippen molar-refractivity contribution in [2.45, 2.75) is 235 Å². The van der Waals surface area contributed by atoms with Gasteiger partial charge < -0.3 is 46.3 Å². The number of nitrogens with zero attached hydrogens (tertiary/aromatic N) is 6. The fourth-order valence-corrected chi connectivity index (χ4v) is 22.9. The van der Waals surface area contributed by atoms with Crippen molar-refractivity contribution < 1.29 is 41.4 Å². The molecule has 0 radical (unpaired) electrons. The summed E-state index contributed by atoms with van der Waals surface area (Å²) in [6.45, 7) is 66.3. The Morgan fingerprint density at radius 3 is 1.03 bits per heavy atom. The van der Waals surface area contributed by atoms with E-state index in [0.29, 0.717) is 17.7 Å². The highest BCUT2D eigenvalue weighted by molar-refractivity contribution is 7.21. The monoisotopic (exact) mass is 2000 g/mol. The van der Waals surface area contributed by atoms with E-state index in [1.807, 2.05) is 78.9 Å². The second-order valence-corrected chi connectivity index (χ2v) is 47.5. The molecule has 11 heterocycles. The molecule has 0 aliphatic carbocycles. The molecule has 0 fully saturated rings. The molecule has 6 aromatic heterocycles. The molecule has 0 N–H and O–H groups in total. The second-order valence-electron chi connectivity index (χ2n) is 46.5. The van der Waals surface area contributed by atoms with Crippen LogP contribution in [-0.2, 0) is 27.1 Å². The van der Waals surface area contributed by atoms with Gasteiger partial charge in [-0.05, 0) is 334 Å². The Balaban J connectivity index is 0.000000109. The number of furan rings is 4. The first-order valence-electron chi connectivity index (χ1n) is 52.2. The molecule has 0 spiro atoms. The summed E-state index contributed by atoms with van der Waals surface area (Å²) in [7, 11) is 0. The van der Waals surface area contributed by atoms with Crippen molar-refractivity contribution in [2.24, 2.45) is 0 Å². The van der Waals surface area contributed by atoms with Gasteiger partial charge in [-0.3, -0.25) is 19.6 Å². The van der Waals surface area contributed by atoms with Crippen LogP contribution in [0, 0.1) is 104 Å². The van der Waals surface area contributed by atoms with Crippen molar-refractivity contribution in [1.29, 1.82) is 0 Å². The van der Waals surface area contributed by atoms with Crippen LogP contribution in [0.25, 0.3) is 54.0 Å². The van der Waals surface area contributed by atoms with E-state index in [4.69, 9.17) is 41.4 Å². The molecule has 0 saturated carbocycles. The second kappa shape index (κ2) is 37.6. The van der Waals surface area contributed by atoms with Crippen LogP contribution >= 0.6 is 11.3 Å². The summed E-state index contributed by atoms with van der Waals surface area (Å²) in [5, 5.41) is 6.26. The van der Waals surface area contributed by atoms with E-state index in [-0.39, 0.29) is 27.1 Å². The Morgan fingerprint density at radius 1 is 0.233 bits per heavy atom. The summed E-state index contributed by atoms with van der Waals surface area (Å²) >= 11 is 1.74. The topological polar surface area (TPSA) is 128 Å². The number of benzene rings is 14. The third-order valence-electron chi connectivity index (χ3n) is 29.5. The number of hydrogen-bond donors (Lipinski definition) is 0. The highest BCUT2D eigenvalue weighted by Gasteiger charge is 2.42. The van der Waals surface area contributed by atoms with Crippen LogP contribution in [0.2, 0.25) is 0 Å². The molecule has 5 aliphatic heterocycles. The van der Waals surface area contributed by atoms with Crippen LogP contribution in [0.15, 0.2) is 285 Å². The van der Waals surface area contributed by atoms with Crippen LogP contribution in [0.4, 0.5) is 85.9 Å². The summed E-state index contributed by atoms with van der Waals surface area (Å²) in [6.07, 6.45) is 1.76. The number of aryl methyl sites for hydroxylation is 15. The third-order valence-corrected chi connectivity index (χ3v) is 30.7. The van der Waals surface area contributed by atoms with Gasteiger partial charge in [0.2, 0.25) is 34.3 Å². The highest BCUT2D eigenvalue weighted by Crippen LogP contribution is 2.64. The summed E-state index contributed by atoms with van der Waals surface area (Å²) in [6, 6.07) is 91.3. The molecule has 0 unspecified atom stereocenters. The zero-order valence-corrected chi connectivity index (χ0v) is 93.0. The first-order chi connectivity index (χ1) is 71.2. The number of rotatable bonds is 5. The van der Waals surface area contributed by atoms with E-state index < -0.39 is 0 Å². The molecule has 0 atom stereocenters. The van der Waals surface area contributed by atoms with Gasteiger partial charge in [0.25, 0.3) is 0 Å². The maximum Gasteiger partial charge on any atom is 0.316 e. The highest BCUT2D eigenvalue weighted by atomic mass is 32.1. The maximum absolute atomic E-state index is 6.45. The zero-order chi connectivity index (χ0) is 106. The van der Waals surface area contributed by atoms with Gasteiger partial charge in [0.15, 0.2) is 34.5 Å². The number of ether oxygens (including phenoxy) is 5. The van der Waals surface area contributed by atoms with Crippen LogP contribution in [0.3, 0.4) is 0 Å². The average molecular weight is 2000 g/mol. The van der Waals surface area contributed by atoms with Gasteiger partial charge in [-0.25, -0.2) is 4.98 Å². The molecular formula is C134H134N6O9S. The lowest BCUT2D eigenvalue weighted by atomic mass is 9.84. The third kappa shape index (κ3) is 18.0. The van der Waals surface area contributed by atoms with Crippen molar-refractivity contribution in [3.8, 4) is 57.1 Å². The quantitative estimate of drug-likeness (QED) is 0.162. The van der Waals surface area contributed by atoms with Crippen molar-refractivity contribution in [1.82, 2.24) is 4.98 Å². The Kier molecular flexibility index (Phi) is 25.1. The molecule has 15 nitrogen and oxygen atoms in total. The molecule has 0 amide bonds. The normalized spacial score (nSPS) is 13.2. The minimum absolute atomic E-state index is 0.0839. The standard InChI is InChI=1S/3C27H27NO2.C27H27NOS.C26H26N2O2/c1-16-10-9-11-20-24(16)30-26-25(20)29-22-13-8-7-12-21(22)28(26)23-17(2)14-19(15-18(23)3)27(4,5)6;1-16-11-12-22-20(13-16)25-26(29-22)30-23-10-8-7-9-21(23)28(25)24-17(2)14-19(15-18(24)3)27(4,5)6;1-16-11-12-20-23(13-16)30-26-25(20)29-22-10-8-7-9-21(22)28(26)24-17(2)14-19(15-18(24)3)27(4,5)6;1-16-10-9-11-20-24-26(30-25(16)20)29-22-13-8-7-12-21(22)28(24)23-17(2)14-19(15-18(23)3)27(4,5)6;1-15-9-10-21-19(12-15)23-25(29-21)28(20-8-7-11-27-24(20)30-23)22-16(2)13-18(14-17(22)3)26(4,5)6/h4*7-15H,1-6H3;7-14H,1-6H3. The van der Waals surface area contributed by atoms with E-state index in [1.54, 1.807) is 17.5 Å². The van der Waals surface area contributed by atoms with Crippen LogP contribution in [0.5, 0.6) is 57.1 Å². The first kappa shape index (κ1) is 100. The van der Waals surface area contributed by atoms with E-state index in [1.165, 1.54) is 122 Å². The van der Waals surface area contributed by atoms with Crippen molar-refractivity contribution >= 4 is 151 Å². The summed E-state index contributed by atoms with van der Waals surface area (Å²) in [5.41, 5.74) is 41.8. The fourth-order valence-electron chi connectivity index (χ4n) is 21.7. The molecule has 0 bridgehead atoms. The van der Waals surface area contributed by atoms with Gasteiger partial charge in [0.1, 0.15) is 39.4 Å². The predicted molar refractivity (Wildman–Crippen MR) is 623 cm³/mol. The molecule has 150 heavy (non-hydrogen) atoms. The van der Waals surface area contributed by atoms with Gasteiger partial charge >= 0.3 is 5.95 Å². The minimum atomic E-state index is 0.0839. The summed E-state index contributed by atoms with van der Waals surface area (Å²) in [5.74, 6) is 9.00. The van der Waals surface area contributed by atoms with Gasteiger partial charge in [-0.15, -0.1) is 0 Å². The number of anilines is 15. The summed E-state index contributed by atoms with van der Waals surface area (Å²) in [4.78, 5) is 15.9. The lowest BCUT2D eigenvalue weighted by Crippen LogP contribution is -2.19. The molecule has 760 valence electrons. The number of fused-ring (bicyclic) bond motifs is 20. The SMILES string of the molecule is Cc1cc(C(C)(C)C)cc(C)c1N1c2ccccc2Oc2c1oc1c(C)cccc21.Cc1cc(C(C)(C)C)cc(C)c1N1c2ccccc2Oc2sc3c(C)cccc3c21.Cc1ccc2c3c(oc2c1)N(c1c(C)cc(C(C)(C)C)cc1C)c1ccccc1O3.Cc1ccc2oc3c(c2c1)N(c1c(C)cc(C(C)(C)C)cc1C)c1ccccc1O3.Cc1ccc2oc3c(c2c1)Oc1ncccc1N3c1c(C)cc(C(C)(C)C)cc1C. The average Bonchev–Trinajstić information content (AvgIpc) is 1.59. The molecule has 25 rings (SSSR count). The number of hydrogen-bond acceptors (Lipinski definition) is 16. The Labute approximate surface area is 886 Å². The molecule has 14 aromatic carbocycles. The van der Waals surface area contributed by atoms with E-state index in [9.17, 15) is 0 Å². The first-order valence-corrected chi connectivity index (χ1v) is 53.0. The minimum Gasteiger partial charge on any atom is -0.449 e. The number of pyridine rings is 1. The molecular weight excluding hydrogens is 1870 g/mol. The molecule has 20 aromatic rings. The Hall–Kier alpha value is -15.7. The number of thiophene rings is 1. The van der Waals surface area contributed by atoms with E-state index in [2.05, 4.69) is 419 Å². The van der Waals surface area contributed by atoms with Crippen LogP contribution in [0.1, 0.15) is 215 Å². The van der Waals surface area contributed by atoms with Crippen molar-refractivity contribution in [3.63, 3.8) is 0 Å². The van der Waals surface area contributed by atoms with E-state index >= 15 is 0 Å². The van der Waals surface area contributed by atoms with Gasteiger partial charge in [0, 0.05) is 21.7 Å². The molecule has 16 heteroatoms. The van der Waals surface area contributed by atoms with Crippen LogP contribution < -0.4 is 48.2 Å². The van der Waals surface area contributed by atoms with Crippen molar-refractivity contribution in [2.75, 3.05) is 24.5 Å². The Bertz CT molecular complexity index is 8500. The largest absolute Gasteiger partial charge is 0.449 e. The Morgan fingerprint density at radius 2 is 0.573 bits per heavy atom. The maximum atomic E-state index is 6.45. The molecule has 0 saturated heterocycles. The van der Waals surface area contributed by atoms with E-state index in [0.717, 1.165) is 169 Å². The number of aromatic nitrogens is 1. The predicted octanol–water partition coefficient (Wildman–Crippen LogP) is 41.0. The smallest absolute Gasteiger partial charge is 0.316 e. The summed E-state index contributed by atoms with van der Waals surface area (Å²) < 4.78 is 58.2. The van der Waals surface area contributed by atoms with Crippen LogP contribution in [-0.4, -0.2) is 4.98 Å². The lowest BCUT2D eigenvalue weighted by Gasteiger charge is -2.34. The zero-order valence-electron chi connectivity index (χ0n) is 92.2. The lowest BCUT2D eigenvalue weighted by molar-refractivity contribution is 0.357. The fraction of sp³-hybridized carbons (Fsp3) is 0.261. The number of para-hydroxylation sites is 9. The van der Waals surface area contributed by atoms with Gasteiger partial charge in [-0.1, -0.05) is 284 Å². The van der Waals surface area contributed by atoms with Gasteiger partial charge in [0.05, 0.1) is 67.3 Å².